The molecule has 0 amide bonds. The van der Waals surface area contributed by atoms with Gasteiger partial charge in [-0.1, -0.05) is 0 Å². The summed E-state index contributed by atoms with van der Waals surface area (Å²) in [4.78, 5) is 35.0. The first kappa shape index (κ1) is 20.3. The van der Waals surface area contributed by atoms with Gasteiger partial charge in [-0.05, 0) is 0 Å². The zero-order valence-electron chi connectivity index (χ0n) is 11.6. The fourth-order valence-corrected chi connectivity index (χ4v) is 1.17. The van der Waals surface area contributed by atoms with Gasteiger partial charge in [0.05, 0.1) is 25.2 Å². The second kappa shape index (κ2) is 8.67. The number of rotatable bonds is 8. The molecule has 0 aliphatic carbocycles. The number of nitro groups is 1. The number of nitrogens with zero attached hydrogens (tertiary/aromatic N) is 2. The van der Waals surface area contributed by atoms with Gasteiger partial charge in [-0.15, -0.1) is 0 Å². The Hall–Kier alpha value is -2.70. The van der Waals surface area contributed by atoms with Crippen LogP contribution in [0.15, 0.2) is 16.4 Å². The first-order chi connectivity index (χ1) is 10.5. The number of halogens is 3. The van der Waals surface area contributed by atoms with Crippen molar-refractivity contribution in [2.75, 3.05) is 26.9 Å². The van der Waals surface area contributed by atoms with E-state index in [1.54, 1.807) is 0 Å². The van der Waals surface area contributed by atoms with E-state index in [-0.39, 0.29) is 0 Å². The van der Waals surface area contributed by atoms with Crippen molar-refractivity contribution >= 4 is 17.7 Å². The lowest BCUT2D eigenvalue weighted by molar-refractivity contribution is -0.416. The molecule has 13 heteroatoms. The standard InChI is InChI=1S/C10H12F3N3O7/c1-22-9(19)5(14)7(16(20)21)6(8(17)18)15-2-3-23-4-10(11,12)13/h2-4,14H2,1H3,(H,17,18). The number of carboxylic acid groups (broad SMARTS) is 1. The first-order valence-electron chi connectivity index (χ1n) is 5.66. The summed E-state index contributed by atoms with van der Waals surface area (Å²) in [6.07, 6.45) is -4.58. The fourth-order valence-electron chi connectivity index (χ4n) is 1.17. The quantitative estimate of drug-likeness (QED) is 0.152. The maximum absolute atomic E-state index is 11.8. The largest absolute Gasteiger partial charge is 0.476 e. The summed E-state index contributed by atoms with van der Waals surface area (Å²) < 4.78 is 43.7. The SMILES string of the molecule is COC(=O)C(N)=C(C(=NCCOCC(F)(F)F)C(=O)O)[N+](=O)[O-]. The predicted octanol–water partition coefficient (Wildman–Crippen LogP) is -0.289. The number of alkyl halides is 3. The second-order valence-electron chi connectivity index (χ2n) is 3.71. The molecule has 0 aromatic rings. The van der Waals surface area contributed by atoms with E-state index in [1.165, 1.54) is 0 Å². The van der Waals surface area contributed by atoms with Crippen LogP contribution in [0, 0.1) is 10.1 Å². The van der Waals surface area contributed by atoms with Gasteiger partial charge in [-0.2, -0.15) is 13.2 Å². The highest BCUT2D eigenvalue weighted by Gasteiger charge is 2.33. The maximum Gasteiger partial charge on any atom is 0.411 e. The van der Waals surface area contributed by atoms with Crippen molar-refractivity contribution in [2.45, 2.75) is 6.18 Å². The van der Waals surface area contributed by atoms with Crippen LogP contribution in [0.25, 0.3) is 0 Å². The van der Waals surface area contributed by atoms with E-state index >= 15 is 0 Å². The van der Waals surface area contributed by atoms with Gasteiger partial charge in [0, 0.05) is 0 Å². The molecule has 0 aromatic heterocycles. The lowest BCUT2D eigenvalue weighted by Gasteiger charge is -2.06. The fraction of sp³-hybridized carbons (Fsp3) is 0.500. The number of esters is 1. The van der Waals surface area contributed by atoms with E-state index in [0.717, 1.165) is 7.11 Å². The average molecular weight is 343 g/mol. The molecule has 0 aromatic carbocycles. The van der Waals surface area contributed by atoms with Gasteiger partial charge in [-0.3, -0.25) is 15.1 Å². The van der Waals surface area contributed by atoms with Crippen LogP contribution in [0.4, 0.5) is 13.2 Å². The van der Waals surface area contributed by atoms with Crippen LogP contribution in [0.3, 0.4) is 0 Å². The van der Waals surface area contributed by atoms with E-state index in [2.05, 4.69) is 14.5 Å². The van der Waals surface area contributed by atoms with Crippen molar-refractivity contribution in [2.24, 2.45) is 10.7 Å². The first-order valence-corrected chi connectivity index (χ1v) is 5.66. The lowest BCUT2D eigenvalue weighted by Crippen LogP contribution is -2.29. The van der Waals surface area contributed by atoms with Crippen molar-refractivity contribution in [3.8, 4) is 0 Å². The summed E-state index contributed by atoms with van der Waals surface area (Å²) in [7, 11) is 0.856. The highest BCUT2D eigenvalue weighted by Crippen LogP contribution is 2.14. The number of nitrogens with two attached hydrogens (primary N) is 1. The van der Waals surface area contributed by atoms with Crippen molar-refractivity contribution in [3.63, 3.8) is 0 Å². The van der Waals surface area contributed by atoms with Crippen LogP contribution >= 0.6 is 0 Å². The van der Waals surface area contributed by atoms with Gasteiger partial charge < -0.3 is 20.3 Å². The van der Waals surface area contributed by atoms with Crippen molar-refractivity contribution in [1.29, 1.82) is 0 Å². The minimum atomic E-state index is -4.58. The molecule has 0 aliphatic rings. The van der Waals surface area contributed by atoms with Crippen molar-refractivity contribution < 1.29 is 42.3 Å². The van der Waals surface area contributed by atoms with E-state index in [1.807, 2.05) is 0 Å². The van der Waals surface area contributed by atoms with Gasteiger partial charge in [-0.25, -0.2) is 9.59 Å². The molecule has 0 radical (unpaired) electrons. The zero-order chi connectivity index (χ0) is 18.2. The summed E-state index contributed by atoms with van der Waals surface area (Å²) in [5.41, 5.74) is 1.47. The Bertz CT molecular complexity index is 542. The molecule has 0 saturated heterocycles. The number of ether oxygens (including phenoxy) is 2. The maximum atomic E-state index is 11.8. The number of aliphatic carboxylic acids is 1. The third-order valence-corrected chi connectivity index (χ3v) is 2.04. The van der Waals surface area contributed by atoms with E-state index in [0.29, 0.717) is 0 Å². The number of aliphatic imine (C=N–C) groups is 1. The monoisotopic (exact) mass is 343 g/mol. The summed E-state index contributed by atoms with van der Waals surface area (Å²) in [5, 5.41) is 19.7. The third kappa shape index (κ3) is 7.21. The summed E-state index contributed by atoms with van der Waals surface area (Å²) in [6, 6.07) is 0. The number of hydrogen-bond acceptors (Lipinski definition) is 8. The molecule has 0 aliphatic heterocycles. The Morgan fingerprint density at radius 3 is 2.35 bits per heavy atom. The van der Waals surface area contributed by atoms with Gasteiger partial charge in [0.1, 0.15) is 6.61 Å². The topological polar surface area (TPSA) is 154 Å². The zero-order valence-corrected chi connectivity index (χ0v) is 11.6. The van der Waals surface area contributed by atoms with Crippen LogP contribution in [-0.2, 0) is 19.1 Å². The van der Waals surface area contributed by atoms with Crippen LogP contribution in [0.2, 0.25) is 0 Å². The molecule has 10 nitrogen and oxygen atoms in total. The third-order valence-electron chi connectivity index (χ3n) is 2.04. The lowest BCUT2D eigenvalue weighted by atomic mass is 10.2. The van der Waals surface area contributed by atoms with Crippen LogP contribution in [0.5, 0.6) is 0 Å². The van der Waals surface area contributed by atoms with E-state index in [4.69, 9.17) is 10.8 Å². The Labute approximate surface area is 126 Å². The van der Waals surface area contributed by atoms with Gasteiger partial charge in [0.15, 0.2) is 5.70 Å². The molecule has 3 N–H and O–H groups in total. The normalized spacial score (nSPS) is 13.3. The minimum Gasteiger partial charge on any atom is -0.476 e. The predicted molar refractivity (Wildman–Crippen MR) is 67.0 cm³/mol. The molecule has 0 saturated carbocycles. The summed E-state index contributed by atoms with van der Waals surface area (Å²) in [5.74, 6) is -3.27. The number of carbonyl (C=O) groups excluding carboxylic acids is 1. The Kier molecular flexibility index (Phi) is 7.65. The molecule has 0 atom stereocenters. The molecular weight excluding hydrogens is 331 g/mol. The van der Waals surface area contributed by atoms with E-state index < -0.39 is 59.9 Å². The Balaban J connectivity index is 5.28. The minimum absolute atomic E-state index is 0.635. The molecule has 0 heterocycles. The number of carboxylic acids is 1. The summed E-state index contributed by atoms with van der Waals surface area (Å²) >= 11 is 0. The Morgan fingerprint density at radius 1 is 1.39 bits per heavy atom. The number of carbonyl (C=O) groups is 2. The molecule has 0 spiro atoms. The highest BCUT2D eigenvalue weighted by molar-refractivity contribution is 6.42. The Morgan fingerprint density at radius 2 is 1.96 bits per heavy atom. The molecule has 130 valence electrons. The smallest absolute Gasteiger partial charge is 0.411 e. The molecule has 0 unspecified atom stereocenters. The number of methoxy groups -OCH3 is 1. The van der Waals surface area contributed by atoms with Crippen LogP contribution < -0.4 is 5.73 Å². The summed E-state index contributed by atoms with van der Waals surface area (Å²) in [6.45, 7) is -2.88. The molecule has 0 fully saturated rings. The van der Waals surface area contributed by atoms with Crippen molar-refractivity contribution in [3.05, 3.63) is 21.5 Å². The van der Waals surface area contributed by atoms with Gasteiger partial charge >= 0.3 is 23.8 Å². The number of hydrogen-bond donors (Lipinski definition) is 2. The molecular formula is C10H12F3N3O7. The average Bonchev–Trinajstić information content (AvgIpc) is 2.42. The van der Waals surface area contributed by atoms with Crippen LogP contribution in [-0.4, -0.2) is 60.7 Å². The van der Waals surface area contributed by atoms with Crippen molar-refractivity contribution in [1.82, 2.24) is 0 Å². The molecule has 23 heavy (non-hydrogen) atoms. The van der Waals surface area contributed by atoms with Gasteiger partial charge in [0.2, 0.25) is 5.71 Å². The molecule has 0 rings (SSSR count). The van der Waals surface area contributed by atoms with E-state index in [9.17, 15) is 32.9 Å². The molecule has 0 bridgehead atoms. The van der Waals surface area contributed by atoms with Gasteiger partial charge in [0.25, 0.3) is 0 Å². The second-order valence-corrected chi connectivity index (χ2v) is 3.71. The highest BCUT2D eigenvalue weighted by atomic mass is 19.4. The van der Waals surface area contributed by atoms with Crippen LogP contribution in [0.1, 0.15) is 0 Å².